The van der Waals surface area contributed by atoms with Gasteiger partial charge in [0.05, 0.1) is 0 Å². The molecule has 5 aromatic carbocycles. The minimum Gasteiger partial charge on any atom is -0.355 e. The zero-order valence-electron chi connectivity index (χ0n) is 21.1. The second-order valence-electron chi connectivity index (χ2n) is 9.95. The molecule has 3 heteroatoms. The molecule has 0 radical (unpaired) electrons. The molecule has 0 aliphatic rings. The van der Waals surface area contributed by atoms with Crippen molar-refractivity contribution in [3.05, 3.63) is 121 Å². The highest BCUT2D eigenvalue weighted by Crippen LogP contribution is 2.39. The number of rotatable bonds is 4. The van der Waals surface area contributed by atoms with Gasteiger partial charge in [0.1, 0.15) is 0 Å². The number of nitrogens with one attached hydrogen (secondary N) is 1. The maximum absolute atomic E-state index is 4.05. The number of hydrogen-bond acceptors (Lipinski definition) is 2. The normalized spacial score (nSPS) is 11.8. The molecule has 0 unspecified atom stereocenters. The highest BCUT2D eigenvalue weighted by molar-refractivity contribution is 7.25. The summed E-state index contributed by atoms with van der Waals surface area (Å²) in [5.74, 6) is 0. The zero-order chi connectivity index (χ0) is 26.1. The van der Waals surface area contributed by atoms with Crippen LogP contribution < -0.4 is 0 Å². The predicted molar refractivity (Wildman–Crippen MR) is 175 cm³/mol. The molecule has 1 N–H and O–H groups in total. The summed E-state index contributed by atoms with van der Waals surface area (Å²) in [5, 5.41) is 6.39. The minimum absolute atomic E-state index is 1.16. The van der Waals surface area contributed by atoms with E-state index in [1.807, 2.05) is 23.5 Å². The van der Waals surface area contributed by atoms with Crippen molar-refractivity contribution >= 4 is 86.9 Å². The van der Waals surface area contributed by atoms with Crippen molar-refractivity contribution in [1.82, 2.24) is 4.98 Å². The molecule has 0 bridgehead atoms. The summed E-state index contributed by atoms with van der Waals surface area (Å²) in [6, 6.07) is 35.8. The molecule has 39 heavy (non-hydrogen) atoms. The minimum atomic E-state index is 1.16. The fourth-order valence-corrected chi connectivity index (χ4v) is 7.96. The van der Waals surface area contributed by atoms with E-state index < -0.39 is 0 Å². The Morgan fingerprint density at radius 3 is 1.67 bits per heavy atom. The average molecular weight is 534 g/mol. The maximum Gasteiger partial charge on any atom is 0.0465 e. The van der Waals surface area contributed by atoms with Gasteiger partial charge in [-0.3, -0.25) is 0 Å². The maximum atomic E-state index is 4.05. The Hall–Kier alpha value is -4.44. The molecule has 0 fully saturated rings. The number of benzene rings is 5. The van der Waals surface area contributed by atoms with E-state index >= 15 is 0 Å². The lowest BCUT2D eigenvalue weighted by Crippen LogP contribution is -1.80. The third-order valence-electron chi connectivity index (χ3n) is 7.79. The second kappa shape index (κ2) is 8.54. The van der Waals surface area contributed by atoms with Crippen LogP contribution in [-0.2, 0) is 0 Å². The SMILES string of the molecule is C=Cc1sc2ccc(-c3ccc4[nH]c5ccc(-c6ccc7sc8ccccc8c7c6)cc5c4c3)cc2c1C=C. The van der Waals surface area contributed by atoms with Gasteiger partial charge in [-0.05, 0) is 82.4 Å². The van der Waals surface area contributed by atoms with Gasteiger partial charge < -0.3 is 4.98 Å². The van der Waals surface area contributed by atoms with E-state index in [1.54, 1.807) is 11.3 Å². The molecule has 0 aliphatic carbocycles. The first-order valence-corrected chi connectivity index (χ1v) is 14.6. The largest absolute Gasteiger partial charge is 0.355 e. The number of aromatic amines is 1. The molecule has 8 aromatic rings. The first-order chi connectivity index (χ1) is 19.2. The summed E-state index contributed by atoms with van der Waals surface area (Å²) in [6.07, 6.45) is 3.87. The second-order valence-corrected chi connectivity index (χ2v) is 12.1. The van der Waals surface area contributed by atoms with Gasteiger partial charge >= 0.3 is 0 Å². The molecule has 0 amide bonds. The molecule has 0 aliphatic heterocycles. The van der Waals surface area contributed by atoms with Gasteiger partial charge in [-0.25, -0.2) is 0 Å². The molecule has 0 saturated heterocycles. The summed E-state index contributed by atoms with van der Waals surface area (Å²) in [4.78, 5) is 4.79. The van der Waals surface area contributed by atoms with Crippen molar-refractivity contribution in [3.63, 3.8) is 0 Å². The van der Waals surface area contributed by atoms with Crippen molar-refractivity contribution in [1.29, 1.82) is 0 Å². The van der Waals surface area contributed by atoms with Crippen molar-refractivity contribution in [2.75, 3.05) is 0 Å². The Morgan fingerprint density at radius 2 is 1.03 bits per heavy atom. The van der Waals surface area contributed by atoms with E-state index in [-0.39, 0.29) is 0 Å². The zero-order valence-corrected chi connectivity index (χ0v) is 22.8. The highest BCUT2D eigenvalue weighted by Gasteiger charge is 2.12. The van der Waals surface area contributed by atoms with Crippen molar-refractivity contribution in [2.45, 2.75) is 0 Å². The lowest BCUT2D eigenvalue weighted by atomic mass is 9.98. The number of fused-ring (bicyclic) bond motifs is 7. The first-order valence-electron chi connectivity index (χ1n) is 13.0. The molecule has 0 saturated carbocycles. The lowest BCUT2D eigenvalue weighted by Gasteiger charge is -2.05. The van der Waals surface area contributed by atoms with E-state index in [2.05, 4.69) is 115 Å². The fraction of sp³-hybridized carbons (Fsp3) is 0. The Kier molecular flexibility index (Phi) is 4.93. The number of thiophene rings is 2. The van der Waals surface area contributed by atoms with Crippen LogP contribution in [0.3, 0.4) is 0 Å². The van der Waals surface area contributed by atoms with Crippen LogP contribution in [0.4, 0.5) is 0 Å². The molecular formula is C36H23NS2. The molecule has 8 rings (SSSR count). The van der Waals surface area contributed by atoms with Crippen LogP contribution in [0.25, 0.3) is 86.5 Å². The van der Waals surface area contributed by atoms with Crippen LogP contribution in [0, 0.1) is 0 Å². The summed E-state index contributed by atoms with van der Waals surface area (Å²) >= 11 is 3.63. The first kappa shape index (κ1) is 22.5. The van der Waals surface area contributed by atoms with Gasteiger partial charge in [0.15, 0.2) is 0 Å². The van der Waals surface area contributed by atoms with Gasteiger partial charge in [-0.2, -0.15) is 0 Å². The molecule has 1 nitrogen and oxygen atoms in total. The third-order valence-corrected chi connectivity index (χ3v) is 10.1. The Balaban J connectivity index is 1.28. The fourth-order valence-electron chi connectivity index (χ4n) is 5.84. The number of aromatic nitrogens is 1. The summed E-state index contributed by atoms with van der Waals surface area (Å²) in [7, 11) is 0. The monoisotopic (exact) mass is 533 g/mol. The van der Waals surface area contributed by atoms with Crippen LogP contribution in [-0.4, -0.2) is 4.98 Å². The average Bonchev–Trinajstić information content (AvgIpc) is 3.66. The predicted octanol–water partition coefficient (Wildman–Crippen LogP) is 11.5. The number of H-pyrrole nitrogens is 1. The smallest absolute Gasteiger partial charge is 0.0465 e. The lowest BCUT2D eigenvalue weighted by molar-refractivity contribution is 1.54. The Morgan fingerprint density at radius 1 is 0.487 bits per heavy atom. The van der Waals surface area contributed by atoms with Crippen LogP contribution in [0.15, 0.2) is 110 Å². The summed E-state index contributed by atoms with van der Waals surface area (Å²) < 4.78 is 3.93. The standard InChI is InChI=1S/C36H23NS2/c1-3-25-29-19-23(11-15-35(29)38-33(25)4-2)21-9-13-31-27(17-21)28-18-22(10-14-32(28)37-31)24-12-16-36-30(20-24)26-7-5-6-8-34(26)39-36/h3-20,37H,1-2H2. The quantitative estimate of drug-likeness (QED) is 0.231. The number of hydrogen-bond donors (Lipinski definition) is 1. The van der Waals surface area contributed by atoms with Gasteiger partial charge in [-0.1, -0.05) is 67.8 Å². The van der Waals surface area contributed by atoms with Crippen LogP contribution in [0.1, 0.15) is 10.4 Å². The molecular weight excluding hydrogens is 511 g/mol. The van der Waals surface area contributed by atoms with E-state index in [0.717, 1.165) is 11.0 Å². The van der Waals surface area contributed by atoms with Crippen molar-refractivity contribution in [3.8, 4) is 22.3 Å². The van der Waals surface area contributed by atoms with Crippen molar-refractivity contribution in [2.24, 2.45) is 0 Å². The van der Waals surface area contributed by atoms with Gasteiger partial charge in [-0.15, -0.1) is 22.7 Å². The summed E-state index contributed by atoms with van der Waals surface area (Å²) in [5.41, 5.74) is 8.38. The van der Waals surface area contributed by atoms with Crippen LogP contribution in [0.2, 0.25) is 0 Å². The van der Waals surface area contributed by atoms with E-state index in [9.17, 15) is 0 Å². The molecule has 3 aromatic heterocycles. The topological polar surface area (TPSA) is 15.8 Å². The van der Waals surface area contributed by atoms with E-state index in [0.29, 0.717) is 0 Å². The highest BCUT2D eigenvalue weighted by atomic mass is 32.1. The molecule has 3 heterocycles. The van der Waals surface area contributed by atoms with Gasteiger partial charge in [0.2, 0.25) is 0 Å². The molecule has 0 atom stereocenters. The third kappa shape index (κ3) is 3.44. The van der Waals surface area contributed by atoms with Gasteiger partial charge in [0.25, 0.3) is 0 Å². The van der Waals surface area contributed by atoms with Gasteiger partial charge in [0, 0.05) is 56.9 Å². The van der Waals surface area contributed by atoms with Crippen LogP contribution >= 0.6 is 22.7 Å². The van der Waals surface area contributed by atoms with E-state index in [1.165, 1.54) is 73.7 Å². The van der Waals surface area contributed by atoms with Crippen molar-refractivity contribution < 1.29 is 0 Å². The van der Waals surface area contributed by atoms with E-state index in [4.69, 9.17) is 0 Å². The Bertz CT molecular complexity index is 2270. The molecule has 0 spiro atoms. The summed E-state index contributed by atoms with van der Waals surface area (Å²) in [6.45, 7) is 8.04. The Labute approximate surface area is 234 Å². The molecule has 184 valence electrons. The van der Waals surface area contributed by atoms with Crippen LogP contribution in [0.5, 0.6) is 0 Å².